The summed E-state index contributed by atoms with van der Waals surface area (Å²) >= 11 is 1.54. The average Bonchev–Trinajstić information content (AvgIpc) is 3.29. The molecular weight excluding hydrogens is 400 g/mol. The minimum Gasteiger partial charge on any atom is -0.497 e. The first-order chi connectivity index (χ1) is 14.4. The molecule has 2 aromatic heterocycles. The number of rotatable bonds is 6. The first-order valence-electron chi connectivity index (χ1n) is 10.1. The van der Waals surface area contributed by atoms with Gasteiger partial charge in [0.05, 0.1) is 25.0 Å². The molecule has 3 aromatic rings. The molecule has 0 spiro atoms. The molecule has 1 amide bonds. The number of methoxy groups -OCH3 is 1. The van der Waals surface area contributed by atoms with Crippen LogP contribution >= 0.6 is 11.3 Å². The van der Waals surface area contributed by atoms with E-state index in [1.54, 1.807) is 18.4 Å². The summed E-state index contributed by atoms with van der Waals surface area (Å²) < 4.78 is 13.2. The zero-order valence-electron chi connectivity index (χ0n) is 17.9. The fourth-order valence-corrected chi connectivity index (χ4v) is 4.78. The number of carbonyl (C=O) groups is 1. The molecule has 7 nitrogen and oxygen atoms in total. The topological polar surface area (TPSA) is 59.3 Å². The highest BCUT2D eigenvalue weighted by atomic mass is 32.1. The quantitative estimate of drug-likeness (QED) is 0.603. The zero-order chi connectivity index (χ0) is 21.3. The molecule has 0 N–H and O–H groups in total. The molecule has 8 heteroatoms. The van der Waals surface area contributed by atoms with Crippen molar-refractivity contribution in [3.8, 4) is 5.75 Å². The largest absolute Gasteiger partial charge is 0.497 e. The van der Waals surface area contributed by atoms with Gasteiger partial charge in [-0.1, -0.05) is 12.1 Å². The van der Waals surface area contributed by atoms with E-state index in [1.165, 1.54) is 0 Å². The van der Waals surface area contributed by atoms with Gasteiger partial charge in [-0.05, 0) is 38.6 Å². The van der Waals surface area contributed by atoms with Crippen LogP contribution in [0.15, 0.2) is 35.8 Å². The first-order valence-corrected chi connectivity index (χ1v) is 11.0. The molecule has 1 fully saturated rings. The number of hydrogen-bond donors (Lipinski definition) is 0. The second-order valence-electron chi connectivity index (χ2n) is 7.95. The monoisotopic (exact) mass is 428 g/mol. The van der Waals surface area contributed by atoms with Gasteiger partial charge in [-0.3, -0.25) is 14.1 Å². The molecule has 0 unspecified atom stereocenters. The molecule has 1 aromatic carbocycles. The van der Waals surface area contributed by atoms with Crippen molar-refractivity contribution in [3.05, 3.63) is 52.8 Å². The molecular formula is C22H28N4O3S. The van der Waals surface area contributed by atoms with E-state index in [4.69, 9.17) is 9.47 Å². The molecule has 4 rings (SSSR count). The van der Waals surface area contributed by atoms with Crippen LogP contribution in [0, 0.1) is 0 Å². The Morgan fingerprint density at radius 1 is 1.30 bits per heavy atom. The Morgan fingerprint density at radius 2 is 2.07 bits per heavy atom. The van der Waals surface area contributed by atoms with Crippen LogP contribution in [0.2, 0.25) is 0 Å². The van der Waals surface area contributed by atoms with E-state index in [1.807, 2.05) is 52.9 Å². The van der Waals surface area contributed by atoms with Crippen molar-refractivity contribution in [3.63, 3.8) is 0 Å². The Morgan fingerprint density at radius 3 is 2.80 bits per heavy atom. The summed E-state index contributed by atoms with van der Waals surface area (Å²) in [5, 5.41) is 2.00. The van der Waals surface area contributed by atoms with Crippen LogP contribution in [0.5, 0.6) is 5.75 Å². The summed E-state index contributed by atoms with van der Waals surface area (Å²) in [5.74, 6) is 0.828. The van der Waals surface area contributed by atoms with Crippen molar-refractivity contribution >= 4 is 22.2 Å². The first kappa shape index (κ1) is 20.8. The standard InChI is InChI=1S/C22H28N4O3S/c1-15-11-25(12-16(2)29-15)21(27)20-19(26-8-9-30-22(26)23-20)14-24(3)13-17-6-5-7-18(10-17)28-4/h5-10,15-16H,11-14H2,1-4H3/t15-,16+. The Balaban J connectivity index is 1.57. The number of nitrogens with zero attached hydrogens (tertiary/aromatic N) is 4. The predicted octanol–water partition coefficient (Wildman–Crippen LogP) is 3.29. The SMILES string of the molecule is COc1cccc(CN(C)Cc2c(C(=O)N3C[C@@H](C)O[C@@H](C)C3)nc3sccn23)c1. The second kappa shape index (κ2) is 8.75. The van der Waals surface area contributed by atoms with Gasteiger partial charge in [0.15, 0.2) is 10.7 Å². The molecule has 30 heavy (non-hydrogen) atoms. The number of hydrogen-bond acceptors (Lipinski definition) is 6. The number of ether oxygens (including phenoxy) is 2. The smallest absolute Gasteiger partial charge is 0.274 e. The molecule has 0 aliphatic carbocycles. The van der Waals surface area contributed by atoms with Gasteiger partial charge in [0.25, 0.3) is 5.91 Å². The van der Waals surface area contributed by atoms with Gasteiger partial charge in [-0.15, -0.1) is 11.3 Å². The van der Waals surface area contributed by atoms with Crippen molar-refractivity contribution in [1.29, 1.82) is 0 Å². The number of imidazole rings is 1. The van der Waals surface area contributed by atoms with Gasteiger partial charge >= 0.3 is 0 Å². The van der Waals surface area contributed by atoms with Crippen molar-refractivity contribution in [2.24, 2.45) is 0 Å². The van der Waals surface area contributed by atoms with Crippen LogP contribution in [-0.4, -0.2) is 64.5 Å². The maximum atomic E-state index is 13.4. The van der Waals surface area contributed by atoms with Crippen molar-refractivity contribution in [2.75, 3.05) is 27.2 Å². The molecule has 1 aliphatic heterocycles. The lowest BCUT2D eigenvalue weighted by Gasteiger charge is -2.35. The van der Waals surface area contributed by atoms with Crippen LogP contribution in [0.3, 0.4) is 0 Å². The number of aromatic nitrogens is 2. The van der Waals surface area contributed by atoms with Crippen LogP contribution in [0.1, 0.15) is 35.6 Å². The average molecular weight is 429 g/mol. The summed E-state index contributed by atoms with van der Waals surface area (Å²) in [4.78, 5) is 23.0. The zero-order valence-corrected chi connectivity index (χ0v) is 18.7. The molecule has 0 saturated carbocycles. The third kappa shape index (κ3) is 4.35. The normalized spacial score (nSPS) is 19.6. The Bertz CT molecular complexity index is 1020. The third-order valence-corrected chi connectivity index (χ3v) is 6.03. The van der Waals surface area contributed by atoms with Crippen LogP contribution < -0.4 is 4.74 Å². The molecule has 3 heterocycles. The van der Waals surface area contributed by atoms with Crippen molar-refractivity contribution < 1.29 is 14.3 Å². The number of carbonyl (C=O) groups excluding carboxylic acids is 1. The maximum absolute atomic E-state index is 13.4. The number of thiazole rings is 1. The highest BCUT2D eigenvalue weighted by Crippen LogP contribution is 2.23. The minimum atomic E-state index is -0.0160. The van der Waals surface area contributed by atoms with E-state index in [9.17, 15) is 4.79 Å². The van der Waals surface area contributed by atoms with Crippen LogP contribution in [-0.2, 0) is 17.8 Å². The number of benzene rings is 1. The summed E-state index contributed by atoms with van der Waals surface area (Å²) in [7, 11) is 3.73. The summed E-state index contributed by atoms with van der Waals surface area (Å²) in [6, 6.07) is 8.05. The van der Waals surface area contributed by atoms with Crippen molar-refractivity contribution in [1.82, 2.24) is 19.2 Å². The number of morpholine rings is 1. The molecule has 1 aliphatic rings. The lowest BCUT2D eigenvalue weighted by Crippen LogP contribution is -2.48. The molecule has 0 radical (unpaired) electrons. The Kier molecular flexibility index (Phi) is 6.08. The number of amides is 1. The Labute approximate surface area is 180 Å². The fourth-order valence-electron chi connectivity index (χ4n) is 4.04. The highest BCUT2D eigenvalue weighted by molar-refractivity contribution is 7.15. The summed E-state index contributed by atoms with van der Waals surface area (Å²) in [6.07, 6.45) is 2.05. The highest BCUT2D eigenvalue weighted by Gasteiger charge is 2.30. The minimum absolute atomic E-state index is 0.0160. The van der Waals surface area contributed by atoms with Crippen LogP contribution in [0.4, 0.5) is 0 Å². The fraction of sp³-hybridized carbons (Fsp3) is 0.455. The molecule has 0 bridgehead atoms. The van der Waals surface area contributed by atoms with E-state index in [0.29, 0.717) is 25.3 Å². The van der Waals surface area contributed by atoms with Gasteiger partial charge in [-0.2, -0.15) is 0 Å². The Hall–Kier alpha value is -2.42. The van der Waals surface area contributed by atoms with Gasteiger partial charge in [0, 0.05) is 37.8 Å². The summed E-state index contributed by atoms with van der Waals surface area (Å²) in [5.41, 5.74) is 2.63. The molecule has 2 atom stereocenters. The van der Waals surface area contributed by atoms with Gasteiger partial charge in [-0.25, -0.2) is 4.98 Å². The van der Waals surface area contributed by atoms with Gasteiger partial charge in [0.2, 0.25) is 0 Å². The van der Waals surface area contributed by atoms with E-state index in [0.717, 1.165) is 28.5 Å². The maximum Gasteiger partial charge on any atom is 0.274 e. The van der Waals surface area contributed by atoms with E-state index in [2.05, 4.69) is 23.0 Å². The number of fused-ring (bicyclic) bond motifs is 1. The van der Waals surface area contributed by atoms with Crippen molar-refractivity contribution in [2.45, 2.75) is 39.1 Å². The van der Waals surface area contributed by atoms with Crippen LogP contribution in [0.25, 0.3) is 4.96 Å². The van der Waals surface area contributed by atoms with E-state index < -0.39 is 0 Å². The third-order valence-electron chi connectivity index (χ3n) is 5.28. The van der Waals surface area contributed by atoms with E-state index in [-0.39, 0.29) is 18.1 Å². The van der Waals surface area contributed by atoms with E-state index >= 15 is 0 Å². The predicted molar refractivity (Wildman–Crippen MR) is 117 cm³/mol. The molecule has 160 valence electrons. The lowest BCUT2D eigenvalue weighted by molar-refractivity contribution is -0.0587. The molecule has 1 saturated heterocycles. The lowest BCUT2D eigenvalue weighted by atomic mass is 10.2. The van der Waals surface area contributed by atoms with Gasteiger partial charge < -0.3 is 14.4 Å². The van der Waals surface area contributed by atoms with Gasteiger partial charge in [0.1, 0.15) is 5.75 Å². The second-order valence-corrected chi connectivity index (χ2v) is 8.83. The summed E-state index contributed by atoms with van der Waals surface area (Å²) in [6.45, 7) is 6.55.